The number of methoxy groups -OCH3 is 1. The minimum absolute atomic E-state index is 0.0115. The van der Waals surface area contributed by atoms with Gasteiger partial charge in [-0.05, 0) is 62.1 Å². The molecular weight excluding hydrogens is 472 g/mol. The minimum Gasteiger partial charge on any atom is -0.497 e. The van der Waals surface area contributed by atoms with Crippen LogP contribution < -0.4 is 20.3 Å². The molecule has 8 nitrogen and oxygen atoms in total. The number of thioether (sulfide) groups is 1. The van der Waals surface area contributed by atoms with Crippen molar-refractivity contribution in [3.8, 4) is 5.75 Å². The first-order valence-electron chi connectivity index (χ1n) is 11.5. The number of carbonyl (C=O) groups excluding carboxylic acids is 1. The molecule has 1 amide bonds. The standard InChI is InChI=1S/C24H27ClN6O2S/c1-33-17-3-4-19-18(12-17)22(23(25)30-29-19)31-10-7-15(8-11-31)6-9-26-13-16-2-5-20-24(27-16)28-21(32)14-34-20/h2-5,12,15,26H,6-11,13-14H2,1H3,(H,27,28,32). The molecule has 1 fully saturated rings. The van der Waals surface area contributed by atoms with E-state index in [1.165, 1.54) is 11.8 Å². The number of piperidine rings is 1. The van der Waals surface area contributed by atoms with Gasteiger partial charge in [-0.2, -0.15) is 0 Å². The lowest BCUT2D eigenvalue weighted by molar-refractivity contribution is -0.113. The first-order chi connectivity index (χ1) is 16.6. The van der Waals surface area contributed by atoms with Crippen LogP contribution in [0, 0.1) is 5.92 Å². The first kappa shape index (κ1) is 23.1. The van der Waals surface area contributed by atoms with Crippen molar-refractivity contribution in [1.29, 1.82) is 0 Å². The largest absolute Gasteiger partial charge is 0.497 e. The summed E-state index contributed by atoms with van der Waals surface area (Å²) in [6, 6.07) is 9.87. The van der Waals surface area contributed by atoms with Crippen molar-refractivity contribution in [2.24, 2.45) is 5.92 Å². The Hall–Kier alpha value is -2.62. The van der Waals surface area contributed by atoms with Gasteiger partial charge < -0.3 is 20.3 Å². The summed E-state index contributed by atoms with van der Waals surface area (Å²) in [6.45, 7) is 3.50. The number of aromatic nitrogens is 3. The van der Waals surface area contributed by atoms with Crippen molar-refractivity contribution in [3.63, 3.8) is 0 Å². The Balaban J connectivity index is 1.13. The summed E-state index contributed by atoms with van der Waals surface area (Å²) in [5.41, 5.74) is 2.71. The van der Waals surface area contributed by atoms with Crippen LogP contribution in [0.1, 0.15) is 25.0 Å². The van der Waals surface area contributed by atoms with Crippen LogP contribution in [0.2, 0.25) is 5.15 Å². The maximum atomic E-state index is 11.6. The Morgan fingerprint density at radius 1 is 1.24 bits per heavy atom. The number of halogens is 1. The van der Waals surface area contributed by atoms with Gasteiger partial charge in [0, 0.05) is 25.0 Å². The van der Waals surface area contributed by atoms with Crippen molar-refractivity contribution in [2.75, 3.05) is 42.7 Å². The van der Waals surface area contributed by atoms with Crippen molar-refractivity contribution >= 4 is 51.7 Å². The van der Waals surface area contributed by atoms with Crippen LogP contribution in [-0.4, -0.2) is 53.6 Å². The van der Waals surface area contributed by atoms with Crippen molar-refractivity contribution in [3.05, 3.63) is 41.2 Å². The number of amides is 1. The van der Waals surface area contributed by atoms with E-state index in [4.69, 9.17) is 16.3 Å². The molecule has 178 valence electrons. The molecule has 10 heteroatoms. The van der Waals surface area contributed by atoms with E-state index in [-0.39, 0.29) is 5.91 Å². The number of benzene rings is 1. The van der Waals surface area contributed by atoms with Gasteiger partial charge in [-0.1, -0.05) is 11.6 Å². The van der Waals surface area contributed by atoms with Crippen molar-refractivity contribution in [2.45, 2.75) is 30.7 Å². The summed E-state index contributed by atoms with van der Waals surface area (Å²) in [7, 11) is 1.66. The summed E-state index contributed by atoms with van der Waals surface area (Å²) >= 11 is 8.02. The second kappa shape index (κ2) is 10.3. The Morgan fingerprint density at radius 3 is 2.91 bits per heavy atom. The fourth-order valence-electron chi connectivity index (χ4n) is 4.55. The Labute approximate surface area is 207 Å². The van der Waals surface area contributed by atoms with E-state index in [1.54, 1.807) is 7.11 Å². The molecule has 3 aromatic rings. The molecule has 0 unspecified atom stereocenters. The van der Waals surface area contributed by atoms with E-state index in [9.17, 15) is 4.79 Å². The predicted molar refractivity (Wildman–Crippen MR) is 136 cm³/mol. The number of rotatable bonds is 7. The molecule has 2 N–H and O–H groups in total. The Kier molecular flexibility index (Phi) is 7.03. The third-order valence-electron chi connectivity index (χ3n) is 6.40. The molecule has 0 radical (unpaired) electrons. The van der Waals surface area contributed by atoms with E-state index in [0.29, 0.717) is 29.2 Å². The number of carbonyl (C=O) groups is 1. The maximum Gasteiger partial charge on any atom is 0.235 e. The molecule has 4 heterocycles. The van der Waals surface area contributed by atoms with Crippen LogP contribution in [0.25, 0.3) is 10.9 Å². The van der Waals surface area contributed by atoms with E-state index in [2.05, 4.69) is 30.7 Å². The second-order valence-electron chi connectivity index (χ2n) is 8.60. The van der Waals surface area contributed by atoms with Gasteiger partial charge in [0.25, 0.3) is 0 Å². The Morgan fingerprint density at radius 2 is 2.09 bits per heavy atom. The molecule has 0 aliphatic carbocycles. The van der Waals surface area contributed by atoms with Crippen LogP contribution in [0.4, 0.5) is 11.5 Å². The molecule has 5 rings (SSSR count). The fraction of sp³-hybridized carbons (Fsp3) is 0.417. The molecule has 2 aliphatic rings. The van der Waals surface area contributed by atoms with Crippen LogP contribution in [-0.2, 0) is 11.3 Å². The van der Waals surface area contributed by atoms with Gasteiger partial charge in [-0.3, -0.25) is 4.79 Å². The summed E-state index contributed by atoms with van der Waals surface area (Å²) in [4.78, 5) is 19.5. The molecule has 0 atom stereocenters. The SMILES string of the molecule is COc1ccc2nnc(Cl)c(N3CCC(CCNCc4ccc5c(n4)NC(=O)CS5)CC3)c2c1. The normalized spacial score (nSPS) is 16.4. The van der Waals surface area contributed by atoms with Crippen LogP contribution in [0.5, 0.6) is 5.75 Å². The van der Waals surface area contributed by atoms with Gasteiger partial charge in [0.15, 0.2) is 5.15 Å². The van der Waals surface area contributed by atoms with Crippen LogP contribution in [0.3, 0.4) is 0 Å². The number of hydrogen-bond acceptors (Lipinski definition) is 8. The highest BCUT2D eigenvalue weighted by Gasteiger charge is 2.23. The average Bonchev–Trinajstić information content (AvgIpc) is 2.86. The highest BCUT2D eigenvalue weighted by molar-refractivity contribution is 8.00. The summed E-state index contributed by atoms with van der Waals surface area (Å²) in [5, 5.41) is 16.2. The first-order valence-corrected chi connectivity index (χ1v) is 12.9. The topological polar surface area (TPSA) is 92.3 Å². The lowest BCUT2D eigenvalue weighted by Gasteiger charge is -2.34. The highest BCUT2D eigenvalue weighted by atomic mass is 35.5. The fourth-order valence-corrected chi connectivity index (χ4v) is 5.56. The zero-order chi connectivity index (χ0) is 23.5. The van der Waals surface area contributed by atoms with E-state index in [0.717, 1.165) is 71.8 Å². The zero-order valence-corrected chi connectivity index (χ0v) is 20.6. The number of pyridine rings is 1. The number of fused-ring (bicyclic) bond motifs is 2. The lowest BCUT2D eigenvalue weighted by atomic mass is 9.93. The van der Waals surface area contributed by atoms with Gasteiger partial charge in [0.2, 0.25) is 5.91 Å². The van der Waals surface area contributed by atoms with E-state index < -0.39 is 0 Å². The quantitative estimate of drug-likeness (QED) is 0.470. The number of nitrogens with one attached hydrogen (secondary N) is 2. The van der Waals surface area contributed by atoms with E-state index in [1.807, 2.05) is 30.3 Å². The predicted octanol–water partition coefficient (Wildman–Crippen LogP) is 4.13. The molecular formula is C24H27ClN6O2S. The molecule has 0 saturated carbocycles. The smallest absolute Gasteiger partial charge is 0.235 e. The van der Waals surface area contributed by atoms with Gasteiger partial charge in [0.1, 0.15) is 11.6 Å². The third-order valence-corrected chi connectivity index (χ3v) is 7.70. The van der Waals surface area contributed by atoms with Crippen LogP contribution in [0.15, 0.2) is 35.2 Å². The molecule has 0 bridgehead atoms. The third kappa shape index (κ3) is 5.06. The lowest BCUT2D eigenvalue weighted by Crippen LogP contribution is -2.35. The highest BCUT2D eigenvalue weighted by Crippen LogP contribution is 2.36. The van der Waals surface area contributed by atoms with Gasteiger partial charge in [0.05, 0.1) is 34.7 Å². The maximum absolute atomic E-state index is 11.6. The van der Waals surface area contributed by atoms with E-state index >= 15 is 0 Å². The van der Waals surface area contributed by atoms with Crippen molar-refractivity contribution < 1.29 is 9.53 Å². The molecule has 2 aromatic heterocycles. The summed E-state index contributed by atoms with van der Waals surface area (Å²) < 4.78 is 5.40. The number of nitrogens with zero attached hydrogens (tertiary/aromatic N) is 4. The average molecular weight is 499 g/mol. The number of anilines is 2. The molecule has 0 spiro atoms. The summed E-state index contributed by atoms with van der Waals surface area (Å²) in [6.07, 6.45) is 3.32. The molecule has 1 saturated heterocycles. The summed E-state index contributed by atoms with van der Waals surface area (Å²) in [5.74, 6) is 2.60. The van der Waals surface area contributed by atoms with Gasteiger partial charge >= 0.3 is 0 Å². The Bertz CT molecular complexity index is 1200. The molecule has 2 aliphatic heterocycles. The number of hydrogen-bond donors (Lipinski definition) is 2. The zero-order valence-electron chi connectivity index (χ0n) is 19.0. The van der Waals surface area contributed by atoms with Crippen molar-refractivity contribution in [1.82, 2.24) is 20.5 Å². The monoisotopic (exact) mass is 498 g/mol. The molecule has 1 aromatic carbocycles. The minimum atomic E-state index is 0.0115. The number of ether oxygens (including phenoxy) is 1. The molecule has 34 heavy (non-hydrogen) atoms. The van der Waals surface area contributed by atoms with Gasteiger partial charge in [-0.25, -0.2) is 4.98 Å². The van der Waals surface area contributed by atoms with Crippen LogP contribution >= 0.6 is 23.4 Å². The van der Waals surface area contributed by atoms with Gasteiger partial charge in [-0.15, -0.1) is 22.0 Å². The second-order valence-corrected chi connectivity index (χ2v) is 9.98.